The van der Waals surface area contributed by atoms with Crippen molar-refractivity contribution in [3.05, 3.63) is 29.8 Å². The zero-order valence-corrected chi connectivity index (χ0v) is 33.7. The van der Waals surface area contributed by atoms with E-state index >= 15 is 19.2 Å². The van der Waals surface area contributed by atoms with Gasteiger partial charge in [0.2, 0.25) is 0 Å². The smallest absolute Gasteiger partial charge is 0.396 e. The number of carbonyl (C=O) groups excluding carboxylic acids is 5. The normalized spacial score (nSPS) is 17.3. The van der Waals surface area contributed by atoms with Crippen LogP contribution in [0, 0.1) is 10.8 Å². The number of thioether (sulfide) groups is 2. The van der Waals surface area contributed by atoms with Gasteiger partial charge >= 0.3 is 25.7 Å². The Morgan fingerprint density at radius 2 is 1.19 bits per heavy atom. The van der Waals surface area contributed by atoms with Crippen LogP contribution in [0.1, 0.15) is 37.7 Å². The Morgan fingerprint density at radius 1 is 0.719 bits per heavy atom. The predicted molar refractivity (Wildman–Crippen MR) is 208 cm³/mol. The monoisotopic (exact) mass is 863 g/mol. The minimum Gasteiger partial charge on any atom is -0.508 e. The molecule has 0 bridgehead atoms. The Kier molecular flexibility index (Phi) is 20.0. The molecule has 0 saturated carbocycles. The number of phenols is 1. The van der Waals surface area contributed by atoms with E-state index in [0.717, 1.165) is 23.5 Å². The predicted octanol–water partition coefficient (Wildman–Crippen LogP) is -2.31. The summed E-state index contributed by atoms with van der Waals surface area (Å²) >= 11 is 2.11. The topological polar surface area (TPSA) is 420 Å². The van der Waals surface area contributed by atoms with E-state index in [9.17, 15) is 48.7 Å². The van der Waals surface area contributed by atoms with Crippen LogP contribution in [0.5, 0.6) is 5.75 Å². The molecule has 17 N–H and O–H groups in total. The summed E-state index contributed by atoms with van der Waals surface area (Å²) in [6.45, 7) is -0.971. The second-order valence-electron chi connectivity index (χ2n) is 13.1. The highest BCUT2D eigenvalue weighted by Gasteiger charge is 2.81. The number of benzene rings is 1. The second kappa shape index (κ2) is 22.3. The van der Waals surface area contributed by atoms with Crippen LogP contribution in [0.15, 0.2) is 24.3 Å². The van der Waals surface area contributed by atoms with Crippen molar-refractivity contribution < 1.29 is 67.9 Å². The zero-order chi connectivity index (χ0) is 44.1. The van der Waals surface area contributed by atoms with E-state index in [-0.39, 0.29) is 22.8 Å². The highest BCUT2D eigenvalue weighted by Crippen LogP contribution is 2.55. The number of Topliss-reactive ketones (excluding diaryl/α,β-unsaturated/α-hetero) is 5. The third-order valence-electron chi connectivity index (χ3n) is 9.41. The van der Waals surface area contributed by atoms with E-state index in [2.05, 4.69) is 0 Å². The first-order chi connectivity index (χ1) is 26.5. The molecular weight excluding hydrogens is 814 g/mol. The maximum Gasteiger partial charge on any atom is 0.396 e. The molecule has 24 heteroatoms. The molecule has 21 nitrogen and oxygen atoms in total. The van der Waals surface area contributed by atoms with Crippen LogP contribution in [0.2, 0.25) is 0 Å². The van der Waals surface area contributed by atoms with Crippen molar-refractivity contribution in [1.29, 1.82) is 0 Å². The van der Waals surface area contributed by atoms with Gasteiger partial charge in [0, 0.05) is 0 Å². The van der Waals surface area contributed by atoms with Crippen molar-refractivity contribution >= 4 is 78.2 Å². The number of carbonyl (C=O) groups is 8. The molecule has 0 aliphatic heterocycles. The van der Waals surface area contributed by atoms with Crippen LogP contribution in [0.3, 0.4) is 0 Å². The molecular formula is C33H50N7O14PS2. The molecule has 0 saturated heterocycles. The summed E-state index contributed by atoms with van der Waals surface area (Å²) in [6.07, 6.45) is -2.78. The lowest BCUT2D eigenvalue weighted by Crippen LogP contribution is -2.84. The van der Waals surface area contributed by atoms with Gasteiger partial charge in [-0.2, -0.15) is 28.6 Å². The van der Waals surface area contributed by atoms with Gasteiger partial charge < -0.3 is 54.8 Å². The van der Waals surface area contributed by atoms with Crippen LogP contribution >= 0.6 is 31.4 Å². The van der Waals surface area contributed by atoms with Crippen molar-refractivity contribution in [2.45, 2.75) is 74.3 Å². The molecule has 0 aromatic heterocycles. The Hall–Kier alpha value is -3.90. The summed E-state index contributed by atoms with van der Waals surface area (Å²) < 4.78 is 24.5. The maximum atomic E-state index is 15.6. The van der Waals surface area contributed by atoms with E-state index in [4.69, 9.17) is 34.4 Å². The average molecular weight is 864 g/mol. The lowest BCUT2D eigenvalue weighted by Gasteiger charge is -2.55. The molecule has 8 unspecified atom stereocenters. The molecule has 1 aromatic carbocycles. The minimum atomic E-state index is -4.33. The van der Waals surface area contributed by atoms with Crippen LogP contribution in [0.25, 0.3) is 0 Å². The SMILES string of the molecule is CSCCC(N)C(=O)C(N)(C(=O)O)C(C(=O)C(N)CC(=O)O)(C(=O)C(CCSC)NP(=O)=O)C(CCN)(C(=O)C(N)CC(=O)O)C(=O)C(N)Cc1ccc(O)cc1. The van der Waals surface area contributed by atoms with E-state index < -0.39 is 146 Å². The van der Waals surface area contributed by atoms with Gasteiger partial charge in [0.15, 0.2) is 34.5 Å². The standard InChI is InChI=1S/C33H50N7O14PS2/c1-56-11-7-18(35)28(49)33(39,30(51)52)32(27(48)21(38)15-24(44)45,29(50)22(8-12-57-2)40-55(53)54)31(9-10-34,26(47)20(37)14-23(42)43)25(46)19(36)13-16-3-5-17(41)6-4-16/h3-6,18-22,41H,7-15,34-39H2,1-2H3,(H,42,43)(H,44,45)(H,51,52)(H,40,53,54). The average Bonchev–Trinajstić information content (AvgIpc) is 3.13. The molecule has 0 aliphatic carbocycles. The first-order valence-electron chi connectivity index (χ1n) is 17.0. The van der Waals surface area contributed by atoms with Gasteiger partial charge in [-0.25, -0.2) is 13.9 Å². The van der Waals surface area contributed by atoms with E-state index in [1.54, 1.807) is 6.26 Å². The molecule has 318 valence electrons. The van der Waals surface area contributed by atoms with Gasteiger partial charge in [-0.05, 0) is 73.9 Å². The highest BCUT2D eigenvalue weighted by molar-refractivity contribution is 7.98. The maximum absolute atomic E-state index is 15.6. The third-order valence-corrected chi connectivity index (χ3v) is 11.2. The molecule has 0 heterocycles. The molecule has 57 heavy (non-hydrogen) atoms. The molecule has 0 radical (unpaired) electrons. The molecule has 0 amide bonds. The van der Waals surface area contributed by atoms with Crippen molar-refractivity contribution in [3.8, 4) is 5.75 Å². The lowest BCUT2D eigenvalue weighted by molar-refractivity contribution is -0.184. The fraction of sp³-hybridized carbons (Fsp3) is 0.576. The number of phenolic OH excluding ortho intramolecular Hbond substituents is 1. The Balaban J connectivity index is 5.10. The Bertz CT molecular complexity index is 1740. The van der Waals surface area contributed by atoms with Crippen molar-refractivity contribution in [1.82, 2.24) is 5.09 Å². The fourth-order valence-corrected chi connectivity index (χ4v) is 8.32. The number of aliphatic carboxylic acids is 3. The van der Waals surface area contributed by atoms with Gasteiger partial charge in [0.25, 0.3) is 0 Å². The van der Waals surface area contributed by atoms with Crippen LogP contribution in [-0.2, 0) is 53.9 Å². The molecule has 0 spiro atoms. The minimum absolute atomic E-state index is 0.0252. The summed E-state index contributed by atoms with van der Waals surface area (Å²) in [5.74, 6) is -16.3. The van der Waals surface area contributed by atoms with Crippen molar-refractivity contribution in [2.75, 3.05) is 30.6 Å². The number of nitrogens with one attached hydrogen (secondary N) is 1. The zero-order valence-electron chi connectivity index (χ0n) is 31.2. The van der Waals surface area contributed by atoms with E-state index in [1.165, 1.54) is 30.5 Å². The second-order valence-corrected chi connectivity index (χ2v) is 15.9. The number of ketones is 5. The number of carboxylic acids is 3. The van der Waals surface area contributed by atoms with E-state index in [1.807, 2.05) is 5.09 Å². The van der Waals surface area contributed by atoms with Crippen LogP contribution in [-0.4, -0.2) is 134 Å². The largest absolute Gasteiger partial charge is 0.508 e. The lowest BCUT2D eigenvalue weighted by atomic mass is 9.42. The highest BCUT2D eigenvalue weighted by atomic mass is 32.2. The summed E-state index contributed by atoms with van der Waals surface area (Å²) in [6, 6.07) is -6.62. The summed E-state index contributed by atoms with van der Waals surface area (Å²) in [5, 5.41) is 42.2. The quantitative estimate of drug-likeness (QED) is 0.0298. The van der Waals surface area contributed by atoms with Crippen LogP contribution < -0.4 is 39.5 Å². The van der Waals surface area contributed by atoms with Gasteiger partial charge in [0.1, 0.15) is 16.6 Å². The van der Waals surface area contributed by atoms with Gasteiger partial charge in [-0.15, -0.1) is 0 Å². The van der Waals surface area contributed by atoms with Crippen molar-refractivity contribution in [3.63, 3.8) is 0 Å². The summed E-state index contributed by atoms with van der Waals surface area (Å²) in [5.41, 5.74) is 25.2. The molecule has 8 atom stereocenters. The fourth-order valence-electron chi connectivity index (χ4n) is 6.86. The van der Waals surface area contributed by atoms with Gasteiger partial charge in [-0.1, -0.05) is 12.1 Å². The number of aromatic hydroxyl groups is 1. The number of hydrogen-bond donors (Lipinski definition) is 11. The number of nitrogens with two attached hydrogens (primary N) is 6. The van der Waals surface area contributed by atoms with Gasteiger partial charge in [-0.3, -0.25) is 33.6 Å². The molecule has 1 rings (SSSR count). The van der Waals surface area contributed by atoms with Crippen LogP contribution in [0.4, 0.5) is 0 Å². The summed E-state index contributed by atoms with van der Waals surface area (Å²) in [7, 11) is -3.88. The first kappa shape index (κ1) is 51.1. The Labute approximate surface area is 336 Å². The first-order valence-corrected chi connectivity index (χ1v) is 21.0. The Morgan fingerprint density at radius 3 is 1.63 bits per heavy atom. The van der Waals surface area contributed by atoms with Crippen molar-refractivity contribution in [2.24, 2.45) is 45.2 Å². The molecule has 0 fully saturated rings. The molecule has 0 aliphatic rings. The third kappa shape index (κ3) is 11.2. The van der Waals surface area contributed by atoms with E-state index in [0.29, 0.717) is 0 Å². The number of hydrogen-bond acceptors (Lipinski definition) is 19. The van der Waals surface area contributed by atoms with Gasteiger partial charge in [0.05, 0.1) is 43.1 Å². The molecule has 1 aromatic rings. The summed E-state index contributed by atoms with van der Waals surface area (Å²) in [4.78, 5) is 114. The number of rotatable bonds is 29. The number of carboxylic acid groups (broad SMARTS) is 3.